The Morgan fingerprint density at radius 2 is 0.917 bits per heavy atom. The Morgan fingerprint density at radius 3 is 1.20 bits per heavy atom. The Hall–Kier alpha value is -3.18. The molecule has 2 heterocycles. The molecule has 2 N–H and O–H groups in total. The highest BCUT2D eigenvalue weighted by Crippen LogP contribution is 2.42. The lowest BCUT2D eigenvalue weighted by molar-refractivity contribution is -0.275. The van der Waals surface area contributed by atoms with Crippen molar-refractivity contribution in [3.05, 3.63) is 57.6 Å². The summed E-state index contributed by atoms with van der Waals surface area (Å²) in [6.45, 7) is 31.2. The molecule has 0 atom stereocenters. The number of ether oxygens (including phenoxy) is 6. The molecule has 338 valence electrons. The van der Waals surface area contributed by atoms with Crippen LogP contribution in [0.2, 0.25) is 0 Å². The van der Waals surface area contributed by atoms with Crippen molar-refractivity contribution in [2.45, 2.75) is 172 Å². The predicted octanol–water partition coefficient (Wildman–Crippen LogP) is 10.3. The van der Waals surface area contributed by atoms with Gasteiger partial charge in [0.25, 0.3) is 0 Å². The van der Waals surface area contributed by atoms with E-state index in [4.69, 9.17) is 28.4 Å². The van der Waals surface area contributed by atoms with Crippen molar-refractivity contribution in [1.82, 2.24) is 0 Å². The summed E-state index contributed by atoms with van der Waals surface area (Å²) in [5.74, 6) is 0.100. The number of carbonyl (C=O) groups is 2. The molecule has 10 nitrogen and oxygen atoms in total. The van der Waals surface area contributed by atoms with Crippen LogP contribution in [0.5, 0.6) is 11.5 Å². The quantitative estimate of drug-likeness (QED) is 0.117. The van der Waals surface area contributed by atoms with Gasteiger partial charge in [0.1, 0.15) is 24.7 Å². The Balaban J connectivity index is 1.16. The summed E-state index contributed by atoms with van der Waals surface area (Å²) in [7, 11) is 0. The number of aryl methyl sites for hydroxylation is 2. The summed E-state index contributed by atoms with van der Waals surface area (Å²) < 4.78 is 36.8. The highest BCUT2D eigenvalue weighted by atomic mass is 16.7. The summed E-state index contributed by atoms with van der Waals surface area (Å²) in [6, 6.07) is 8.27. The summed E-state index contributed by atoms with van der Waals surface area (Å²) >= 11 is 0. The third kappa shape index (κ3) is 12.7. The molecule has 0 amide bonds. The first-order valence-corrected chi connectivity index (χ1v) is 22.2. The molecule has 0 unspecified atom stereocenters. The number of aromatic hydroxyl groups is 2. The van der Waals surface area contributed by atoms with Gasteiger partial charge < -0.3 is 38.6 Å². The monoisotopic (exact) mass is 839 g/mol. The van der Waals surface area contributed by atoms with Crippen LogP contribution in [0.3, 0.4) is 0 Å². The molecule has 4 rings (SSSR count). The SMILES string of the molecule is CCC1(COC(=O)CCCCC(=O)OCC2(CC)COC(C(C)(C)Cc3cc(C)c(O)c(C(C)(C)C)c3)OC2)COC(C(C)(C)Cc2cc(C)c(O)c(C(C)(C)C)c2)OC1. The van der Waals surface area contributed by atoms with Gasteiger partial charge in [-0.2, -0.15) is 0 Å². The number of rotatable bonds is 17. The highest BCUT2D eigenvalue weighted by Gasteiger charge is 2.44. The lowest BCUT2D eigenvalue weighted by Gasteiger charge is -2.44. The summed E-state index contributed by atoms with van der Waals surface area (Å²) in [5, 5.41) is 21.4. The fourth-order valence-corrected chi connectivity index (χ4v) is 8.30. The first-order chi connectivity index (χ1) is 27.8. The number of esters is 2. The fraction of sp³-hybridized carbons (Fsp3) is 0.720. The maximum Gasteiger partial charge on any atom is 0.305 e. The van der Waals surface area contributed by atoms with Gasteiger partial charge in [-0.3, -0.25) is 9.59 Å². The van der Waals surface area contributed by atoms with Crippen LogP contribution in [0, 0.1) is 35.5 Å². The van der Waals surface area contributed by atoms with Gasteiger partial charge in [0.15, 0.2) is 12.6 Å². The van der Waals surface area contributed by atoms with Crippen molar-refractivity contribution < 1.29 is 48.2 Å². The molecule has 0 spiro atoms. The van der Waals surface area contributed by atoms with Crippen LogP contribution < -0.4 is 0 Å². The Morgan fingerprint density at radius 1 is 0.600 bits per heavy atom. The van der Waals surface area contributed by atoms with Crippen molar-refractivity contribution >= 4 is 11.9 Å². The predicted molar refractivity (Wildman–Crippen MR) is 235 cm³/mol. The van der Waals surface area contributed by atoms with E-state index < -0.39 is 23.4 Å². The van der Waals surface area contributed by atoms with Crippen molar-refractivity contribution in [2.75, 3.05) is 39.6 Å². The molecule has 2 saturated heterocycles. The standard InChI is InChI=1S/C50H78O10/c1-15-49(29-57-43(58-30-49)47(11,12)25-35-21-33(3)41(53)37(23-35)45(5,6)7)27-55-39(51)19-17-18-20-40(52)56-28-50(16-2)31-59-44(60-32-50)48(13,14)26-36-22-34(4)42(54)38(24-36)46(8,9)10/h21-24,43-44,53-54H,15-20,25-32H2,1-14H3. The summed E-state index contributed by atoms with van der Waals surface area (Å²) in [6.07, 6.45) is 3.51. The van der Waals surface area contributed by atoms with Crippen LogP contribution in [0.15, 0.2) is 24.3 Å². The number of phenols is 2. The normalized spacial score (nSPS) is 23.0. The van der Waals surface area contributed by atoms with E-state index in [1.165, 1.54) is 0 Å². The van der Waals surface area contributed by atoms with Crippen LogP contribution in [0.25, 0.3) is 0 Å². The van der Waals surface area contributed by atoms with E-state index in [-0.39, 0.29) is 59.7 Å². The second-order valence-corrected chi connectivity index (χ2v) is 21.6. The molecule has 60 heavy (non-hydrogen) atoms. The van der Waals surface area contributed by atoms with E-state index in [0.29, 0.717) is 63.6 Å². The largest absolute Gasteiger partial charge is 0.507 e. The zero-order chi connectivity index (χ0) is 44.9. The van der Waals surface area contributed by atoms with Gasteiger partial charge in [-0.05, 0) is 96.6 Å². The van der Waals surface area contributed by atoms with Crippen molar-refractivity contribution in [3.8, 4) is 11.5 Å². The summed E-state index contributed by atoms with van der Waals surface area (Å²) in [4.78, 5) is 25.6. The number of phenolic OH excluding ortho intramolecular Hbond substituents is 2. The van der Waals surface area contributed by atoms with E-state index in [2.05, 4.69) is 95.2 Å². The van der Waals surface area contributed by atoms with Gasteiger partial charge in [-0.25, -0.2) is 0 Å². The van der Waals surface area contributed by atoms with Gasteiger partial charge in [0.05, 0.1) is 37.3 Å². The number of benzene rings is 2. The van der Waals surface area contributed by atoms with Crippen LogP contribution in [0.1, 0.15) is 155 Å². The van der Waals surface area contributed by atoms with Crippen molar-refractivity contribution in [3.63, 3.8) is 0 Å². The van der Waals surface area contributed by atoms with Gasteiger partial charge >= 0.3 is 11.9 Å². The molecule has 2 aliphatic heterocycles. The molecule has 2 fully saturated rings. The van der Waals surface area contributed by atoms with Gasteiger partial charge in [-0.1, -0.05) is 107 Å². The zero-order valence-corrected chi connectivity index (χ0v) is 39.5. The minimum Gasteiger partial charge on any atom is -0.507 e. The lowest BCUT2D eigenvalue weighted by atomic mass is 9.79. The number of carbonyl (C=O) groups excluding carboxylic acids is 2. The van der Waals surface area contributed by atoms with Crippen LogP contribution in [-0.2, 0) is 61.7 Å². The minimum atomic E-state index is -0.430. The molecule has 0 radical (unpaired) electrons. The molecule has 0 aliphatic carbocycles. The average molecular weight is 839 g/mol. The average Bonchev–Trinajstić information content (AvgIpc) is 3.16. The first kappa shape index (κ1) is 49.5. The van der Waals surface area contributed by atoms with Gasteiger partial charge in [0.2, 0.25) is 0 Å². The number of unbranched alkanes of at least 4 members (excludes halogenated alkanes) is 1. The lowest BCUT2D eigenvalue weighted by Crippen LogP contribution is -2.49. The number of hydrogen-bond acceptors (Lipinski definition) is 10. The molecule has 0 bridgehead atoms. The van der Waals surface area contributed by atoms with E-state index in [1.807, 2.05) is 26.0 Å². The molecular formula is C50H78O10. The van der Waals surface area contributed by atoms with Crippen LogP contribution in [-0.4, -0.2) is 74.4 Å². The maximum atomic E-state index is 12.8. The van der Waals surface area contributed by atoms with Crippen molar-refractivity contribution in [1.29, 1.82) is 0 Å². The van der Waals surface area contributed by atoms with Crippen LogP contribution in [0.4, 0.5) is 0 Å². The fourth-order valence-electron chi connectivity index (χ4n) is 8.30. The first-order valence-electron chi connectivity index (χ1n) is 22.2. The maximum absolute atomic E-state index is 12.8. The second-order valence-electron chi connectivity index (χ2n) is 21.6. The minimum absolute atomic E-state index is 0.185. The topological polar surface area (TPSA) is 130 Å². The Kier molecular flexibility index (Phi) is 16.1. The van der Waals surface area contributed by atoms with E-state index >= 15 is 0 Å². The Bertz CT molecular complexity index is 1630. The molecule has 2 aromatic carbocycles. The van der Waals surface area contributed by atoms with E-state index in [1.54, 1.807) is 0 Å². The second kappa shape index (κ2) is 19.5. The molecule has 10 heteroatoms. The van der Waals surface area contributed by atoms with Crippen LogP contribution >= 0.6 is 0 Å². The molecule has 0 aromatic heterocycles. The molecular weight excluding hydrogens is 761 g/mol. The zero-order valence-electron chi connectivity index (χ0n) is 39.5. The molecule has 2 aromatic rings. The van der Waals surface area contributed by atoms with E-state index in [0.717, 1.165) is 46.2 Å². The van der Waals surface area contributed by atoms with Crippen molar-refractivity contribution in [2.24, 2.45) is 21.7 Å². The van der Waals surface area contributed by atoms with Gasteiger partial charge in [0, 0.05) is 23.7 Å². The van der Waals surface area contributed by atoms with E-state index in [9.17, 15) is 19.8 Å². The Labute approximate surface area is 361 Å². The third-order valence-electron chi connectivity index (χ3n) is 12.7. The third-order valence-corrected chi connectivity index (χ3v) is 12.7. The van der Waals surface area contributed by atoms with Gasteiger partial charge in [-0.15, -0.1) is 0 Å². The smallest absolute Gasteiger partial charge is 0.305 e. The molecule has 0 saturated carbocycles. The molecule has 2 aliphatic rings. The highest BCUT2D eigenvalue weighted by molar-refractivity contribution is 5.70. The number of hydrogen-bond donors (Lipinski definition) is 2. The summed E-state index contributed by atoms with van der Waals surface area (Å²) in [5.41, 5.74) is 3.93.